The summed E-state index contributed by atoms with van der Waals surface area (Å²) in [5.41, 5.74) is 2.36. The average molecular weight is 247 g/mol. The summed E-state index contributed by atoms with van der Waals surface area (Å²) in [5, 5.41) is 2.91. The van der Waals surface area contributed by atoms with E-state index in [4.69, 9.17) is 4.74 Å². The molecule has 18 heavy (non-hydrogen) atoms. The lowest BCUT2D eigenvalue weighted by Gasteiger charge is -2.38. The van der Waals surface area contributed by atoms with Crippen molar-refractivity contribution in [3.05, 3.63) is 35.4 Å². The highest BCUT2D eigenvalue weighted by molar-refractivity contribution is 5.69. The number of ether oxygens (including phenoxy) is 1. The van der Waals surface area contributed by atoms with Crippen molar-refractivity contribution in [1.82, 2.24) is 5.32 Å². The molecule has 1 heterocycles. The van der Waals surface area contributed by atoms with Crippen molar-refractivity contribution in [2.45, 2.75) is 39.7 Å². The average Bonchev–Trinajstić information content (AvgIpc) is 2.32. The maximum Gasteiger partial charge on any atom is 0.407 e. The molecule has 0 saturated carbocycles. The quantitative estimate of drug-likeness (QED) is 0.866. The minimum atomic E-state index is -0.327. The predicted molar refractivity (Wildman–Crippen MR) is 71.5 cm³/mol. The van der Waals surface area contributed by atoms with Gasteiger partial charge >= 0.3 is 6.09 Å². The highest BCUT2D eigenvalue weighted by atomic mass is 16.6. The van der Waals surface area contributed by atoms with Gasteiger partial charge in [0.15, 0.2) is 0 Å². The van der Waals surface area contributed by atoms with Gasteiger partial charge in [0.1, 0.15) is 6.61 Å². The fourth-order valence-corrected chi connectivity index (χ4v) is 2.30. The van der Waals surface area contributed by atoms with Crippen LogP contribution < -0.4 is 5.32 Å². The molecule has 1 fully saturated rings. The zero-order chi connectivity index (χ0) is 13.3. The van der Waals surface area contributed by atoms with E-state index in [9.17, 15) is 4.79 Å². The Morgan fingerprint density at radius 2 is 1.89 bits per heavy atom. The predicted octanol–water partition coefficient (Wildman–Crippen LogP) is 3.62. The Hall–Kier alpha value is -1.51. The lowest BCUT2D eigenvalue weighted by Crippen LogP contribution is -2.46. The molecule has 1 saturated heterocycles. The molecule has 0 unspecified atom stereocenters. The maximum atomic E-state index is 11.4. The van der Waals surface area contributed by atoms with Crippen LogP contribution in [0.2, 0.25) is 0 Å². The summed E-state index contributed by atoms with van der Waals surface area (Å²) in [5.74, 6) is 0.524. The number of hydrogen-bond acceptors (Lipinski definition) is 2. The van der Waals surface area contributed by atoms with Gasteiger partial charge in [-0.3, -0.25) is 0 Å². The molecule has 1 atom stereocenters. The van der Waals surface area contributed by atoms with Gasteiger partial charge in [-0.2, -0.15) is 0 Å². The van der Waals surface area contributed by atoms with E-state index in [1.807, 2.05) is 0 Å². The molecular weight excluding hydrogens is 226 g/mol. The van der Waals surface area contributed by atoms with Crippen LogP contribution in [0.15, 0.2) is 24.3 Å². The second kappa shape index (κ2) is 4.63. The molecule has 0 spiro atoms. The molecule has 1 N–H and O–H groups in total. The number of cyclic esters (lactones) is 1. The van der Waals surface area contributed by atoms with Gasteiger partial charge in [-0.1, -0.05) is 52.0 Å². The fraction of sp³-hybridized carbons (Fsp3) is 0.533. The number of carbonyl (C=O) groups is 1. The molecule has 3 nitrogen and oxygen atoms in total. The van der Waals surface area contributed by atoms with Crippen LogP contribution in [0.4, 0.5) is 4.79 Å². The van der Waals surface area contributed by atoms with Crippen LogP contribution >= 0.6 is 0 Å². The molecule has 0 radical (unpaired) electrons. The van der Waals surface area contributed by atoms with Crippen molar-refractivity contribution in [3.63, 3.8) is 0 Å². The molecule has 1 aliphatic rings. The Bertz CT molecular complexity index is 434. The molecule has 1 aromatic carbocycles. The van der Waals surface area contributed by atoms with Gasteiger partial charge in [0.05, 0.1) is 6.04 Å². The number of benzene rings is 1. The van der Waals surface area contributed by atoms with Crippen LogP contribution in [-0.4, -0.2) is 12.7 Å². The molecule has 1 aliphatic heterocycles. The van der Waals surface area contributed by atoms with E-state index in [0.717, 1.165) is 5.56 Å². The molecule has 2 rings (SSSR count). The second-order valence-electron chi connectivity index (χ2n) is 5.96. The molecule has 0 bridgehead atoms. The van der Waals surface area contributed by atoms with Gasteiger partial charge in [0.2, 0.25) is 0 Å². The summed E-state index contributed by atoms with van der Waals surface area (Å²) < 4.78 is 5.06. The highest BCUT2D eigenvalue weighted by Gasteiger charge is 2.37. The fourth-order valence-electron chi connectivity index (χ4n) is 2.30. The molecular formula is C15H21NO2. The van der Waals surface area contributed by atoms with Crippen LogP contribution in [0.5, 0.6) is 0 Å². The van der Waals surface area contributed by atoms with E-state index in [0.29, 0.717) is 12.5 Å². The normalized spacial score (nSPS) is 22.5. The van der Waals surface area contributed by atoms with Crippen LogP contribution in [0.3, 0.4) is 0 Å². The molecule has 1 amide bonds. The van der Waals surface area contributed by atoms with Gasteiger partial charge in [-0.15, -0.1) is 0 Å². The van der Waals surface area contributed by atoms with Crippen molar-refractivity contribution in [1.29, 1.82) is 0 Å². The SMILES string of the molecule is CC(C)c1ccc([C@H]2NC(=O)OCC2(C)C)cc1. The van der Waals surface area contributed by atoms with Crippen molar-refractivity contribution >= 4 is 6.09 Å². The Morgan fingerprint density at radius 3 is 2.44 bits per heavy atom. The van der Waals surface area contributed by atoms with E-state index in [2.05, 4.69) is 57.3 Å². The Labute approximate surface area is 109 Å². The van der Waals surface area contributed by atoms with Gasteiger partial charge < -0.3 is 10.1 Å². The summed E-state index contributed by atoms with van der Waals surface area (Å²) in [6.45, 7) is 9.01. The van der Waals surface area contributed by atoms with Crippen molar-refractivity contribution < 1.29 is 9.53 Å². The van der Waals surface area contributed by atoms with Gasteiger partial charge in [-0.05, 0) is 17.0 Å². The molecule has 3 heteroatoms. The number of hydrogen-bond donors (Lipinski definition) is 1. The van der Waals surface area contributed by atoms with Crippen LogP contribution in [0, 0.1) is 5.41 Å². The molecule has 0 aromatic heterocycles. The number of alkyl carbamates (subject to hydrolysis) is 1. The highest BCUT2D eigenvalue weighted by Crippen LogP contribution is 2.36. The minimum Gasteiger partial charge on any atom is -0.449 e. The zero-order valence-electron chi connectivity index (χ0n) is 11.5. The molecule has 98 valence electrons. The van der Waals surface area contributed by atoms with Crippen molar-refractivity contribution in [3.8, 4) is 0 Å². The van der Waals surface area contributed by atoms with E-state index in [-0.39, 0.29) is 17.6 Å². The number of nitrogens with one attached hydrogen (secondary N) is 1. The summed E-state index contributed by atoms with van der Waals surface area (Å²) in [6.07, 6.45) is -0.327. The van der Waals surface area contributed by atoms with Crippen molar-refractivity contribution in [2.75, 3.05) is 6.61 Å². The topological polar surface area (TPSA) is 38.3 Å². The first kappa shape index (κ1) is 12.9. The largest absolute Gasteiger partial charge is 0.449 e. The van der Waals surface area contributed by atoms with E-state index < -0.39 is 0 Å². The van der Waals surface area contributed by atoms with Crippen LogP contribution in [-0.2, 0) is 4.74 Å². The first-order valence-corrected chi connectivity index (χ1v) is 6.43. The first-order valence-electron chi connectivity index (χ1n) is 6.43. The number of rotatable bonds is 2. The van der Waals surface area contributed by atoms with E-state index in [1.165, 1.54) is 5.56 Å². The lowest BCUT2D eigenvalue weighted by molar-refractivity contribution is 0.0387. The third kappa shape index (κ3) is 2.50. The lowest BCUT2D eigenvalue weighted by atomic mass is 9.80. The summed E-state index contributed by atoms with van der Waals surface area (Å²) in [7, 11) is 0. The van der Waals surface area contributed by atoms with Gasteiger partial charge in [0.25, 0.3) is 0 Å². The standard InChI is InChI=1S/C15H21NO2/c1-10(2)11-5-7-12(8-6-11)13-15(3,4)9-18-14(17)16-13/h5-8,10,13H,9H2,1-4H3,(H,16,17)/t13-/m1/s1. The Balaban J connectivity index is 2.26. The third-order valence-electron chi connectivity index (χ3n) is 3.56. The zero-order valence-corrected chi connectivity index (χ0v) is 11.5. The Morgan fingerprint density at radius 1 is 1.28 bits per heavy atom. The molecule has 0 aliphatic carbocycles. The first-order chi connectivity index (χ1) is 8.40. The number of amides is 1. The summed E-state index contributed by atoms with van der Waals surface area (Å²) >= 11 is 0. The van der Waals surface area contributed by atoms with Crippen LogP contribution in [0.25, 0.3) is 0 Å². The summed E-state index contributed by atoms with van der Waals surface area (Å²) in [4.78, 5) is 11.4. The van der Waals surface area contributed by atoms with Gasteiger partial charge in [0, 0.05) is 5.41 Å². The smallest absolute Gasteiger partial charge is 0.407 e. The third-order valence-corrected chi connectivity index (χ3v) is 3.56. The van der Waals surface area contributed by atoms with Crippen LogP contribution in [0.1, 0.15) is 50.8 Å². The summed E-state index contributed by atoms with van der Waals surface area (Å²) in [6, 6.07) is 8.50. The monoisotopic (exact) mass is 247 g/mol. The van der Waals surface area contributed by atoms with Gasteiger partial charge in [-0.25, -0.2) is 4.79 Å². The van der Waals surface area contributed by atoms with E-state index >= 15 is 0 Å². The number of carbonyl (C=O) groups excluding carboxylic acids is 1. The minimum absolute atomic E-state index is 0.0139. The second-order valence-corrected chi connectivity index (χ2v) is 5.96. The van der Waals surface area contributed by atoms with Crippen molar-refractivity contribution in [2.24, 2.45) is 5.41 Å². The Kier molecular flexibility index (Phi) is 3.33. The maximum absolute atomic E-state index is 11.4. The van der Waals surface area contributed by atoms with E-state index in [1.54, 1.807) is 0 Å². The molecule has 1 aromatic rings.